The molecule has 0 saturated carbocycles. The van der Waals surface area contributed by atoms with E-state index in [1.165, 1.54) is 0 Å². The molecule has 0 radical (unpaired) electrons. The normalized spacial score (nSPS) is 11.3. The zero-order valence-electron chi connectivity index (χ0n) is 10.1. The average Bonchev–Trinajstić information content (AvgIpc) is 2.49. The molecule has 0 amide bonds. The van der Waals surface area contributed by atoms with Gasteiger partial charge in [-0.25, -0.2) is 0 Å². The number of aryl methyl sites for hydroxylation is 1. The van der Waals surface area contributed by atoms with E-state index in [0.717, 1.165) is 17.9 Å². The molecule has 1 rings (SSSR count). The summed E-state index contributed by atoms with van der Waals surface area (Å²) in [7, 11) is 0. The van der Waals surface area contributed by atoms with Gasteiger partial charge in [-0.2, -0.15) is 0 Å². The van der Waals surface area contributed by atoms with E-state index in [9.17, 15) is 4.79 Å². The van der Waals surface area contributed by atoms with Crippen molar-refractivity contribution >= 4 is 5.97 Å². The Bertz CT molecular complexity index is 344. The Morgan fingerprint density at radius 2 is 2.25 bits per heavy atom. The first kappa shape index (κ1) is 12.8. The summed E-state index contributed by atoms with van der Waals surface area (Å²) < 4.78 is 5.32. The van der Waals surface area contributed by atoms with Crippen molar-refractivity contribution in [1.29, 1.82) is 0 Å². The molecular formula is C12H19NO3. The maximum absolute atomic E-state index is 10.7. The van der Waals surface area contributed by atoms with Crippen LogP contribution in [0.1, 0.15) is 25.2 Å². The van der Waals surface area contributed by atoms with Gasteiger partial charge in [-0.1, -0.05) is 13.8 Å². The molecule has 1 N–H and O–H groups in total. The monoisotopic (exact) mass is 225 g/mol. The summed E-state index contributed by atoms with van der Waals surface area (Å²) in [4.78, 5) is 12.6. The second-order valence-corrected chi connectivity index (χ2v) is 4.48. The Kier molecular flexibility index (Phi) is 4.55. The van der Waals surface area contributed by atoms with E-state index >= 15 is 0 Å². The third kappa shape index (κ3) is 4.06. The first-order valence-electron chi connectivity index (χ1n) is 5.46. The smallest absolute Gasteiger partial charge is 0.317 e. The second-order valence-electron chi connectivity index (χ2n) is 4.48. The molecule has 0 saturated heterocycles. The van der Waals surface area contributed by atoms with E-state index < -0.39 is 5.97 Å². The number of hydrogen-bond acceptors (Lipinski definition) is 3. The van der Waals surface area contributed by atoms with Crippen molar-refractivity contribution in [2.75, 3.05) is 13.1 Å². The summed E-state index contributed by atoms with van der Waals surface area (Å²) in [5.74, 6) is 0.487. The fourth-order valence-electron chi connectivity index (χ4n) is 1.66. The molecule has 0 bridgehead atoms. The van der Waals surface area contributed by atoms with E-state index in [0.29, 0.717) is 12.5 Å². The molecule has 0 aromatic carbocycles. The first-order chi connectivity index (χ1) is 7.49. The largest absolute Gasteiger partial charge is 0.480 e. The third-order valence-electron chi connectivity index (χ3n) is 2.32. The van der Waals surface area contributed by atoms with Gasteiger partial charge in [-0.15, -0.1) is 0 Å². The lowest BCUT2D eigenvalue weighted by molar-refractivity contribution is -0.138. The van der Waals surface area contributed by atoms with E-state index in [1.54, 1.807) is 6.26 Å². The molecule has 0 aliphatic heterocycles. The van der Waals surface area contributed by atoms with Crippen molar-refractivity contribution in [2.45, 2.75) is 27.3 Å². The van der Waals surface area contributed by atoms with Crippen LogP contribution in [0.25, 0.3) is 0 Å². The molecule has 16 heavy (non-hydrogen) atoms. The number of furan rings is 1. The zero-order valence-corrected chi connectivity index (χ0v) is 10.1. The number of rotatable bonds is 6. The standard InChI is InChI=1S/C12H19NO3/c1-9(2)6-13(8-12(14)15)7-11-10(3)4-5-16-11/h4-5,9H,6-8H2,1-3H3,(H,14,15). The molecule has 0 spiro atoms. The minimum atomic E-state index is -0.801. The number of carbonyl (C=O) groups is 1. The SMILES string of the molecule is Cc1ccoc1CN(CC(=O)O)CC(C)C. The van der Waals surface area contributed by atoms with E-state index in [2.05, 4.69) is 13.8 Å². The second kappa shape index (κ2) is 5.70. The lowest BCUT2D eigenvalue weighted by Crippen LogP contribution is -2.32. The van der Waals surface area contributed by atoms with Crippen LogP contribution in [0.4, 0.5) is 0 Å². The number of hydrogen-bond donors (Lipinski definition) is 1. The van der Waals surface area contributed by atoms with Gasteiger partial charge in [-0.3, -0.25) is 9.69 Å². The van der Waals surface area contributed by atoms with Gasteiger partial charge in [0, 0.05) is 6.54 Å². The van der Waals surface area contributed by atoms with E-state index in [1.807, 2.05) is 17.9 Å². The minimum Gasteiger partial charge on any atom is -0.480 e. The number of carboxylic acids is 1. The summed E-state index contributed by atoms with van der Waals surface area (Å²) >= 11 is 0. The van der Waals surface area contributed by atoms with Gasteiger partial charge in [0.1, 0.15) is 5.76 Å². The fraction of sp³-hybridized carbons (Fsp3) is 0.583. The van der Waals surface area contributed by atoms with Gasteiger partial charge < -0.3 is 9.52 Å². The van der Waals surface area contributed by atoms with Crippen LogP contribution in [0, 0.1) is 12.8 Å². The highest BCUT2D eigenvalue weighted by molar-refractivity contribution is 5.69. The molecule has 0 unspecified atom stereocenters. The summed E-state index contributed by atoms with van der Waals surface area (Å²) in [5.41, 5.74) is 1.07. The van der Waals surface area contributed by atoms with Crippen LogP contribution in [0.3, 0.4) is 0 Å². The topological polar surface area (TPSA) is 53.7 Å². The van der Waals surface area contributed by atoms with E-state index in [-0.39, 0.29) is 6.54 Å². The Hall–Kier alpha value is -1.29. The number of carboxylic acid groups (broad SMARTS) is 1. The van der Waals surface area contributed by atoms with Crippen molar-refractivity contribution in [1.82, 2.24) is 4.90 Å². The van der Waals surface area contributed by atoms with Crippen molar-refractivity contribution in [2.24, 2.45) is 5.92 Å². The highest BCUT2D eigenvalue weighted by atomic mass is 16.4. The van der Waals surface area contributed by atoms with Gasteiger partial charge in [-0.05, 0) is 24.5 Å². The summed E-state index contributed by atoms with van der Waals surface area (Å²) in [5, 5.41) is 8.82. The Balaban J connectivity index is 2.62. The van der Waals surface area contributed by atoms with Crippen LogP contribution in [-0.4, -0.2) is 29.1 Å². The predicted molar refractivity (Wildman–Crippen MR) is 61.2 cm³/mol. The molecule has 1 aromatic heterocycles. The molecule has 0 fully saturated rings. The average molecular weight is 225 g/mol. The molecule has 1 aromatic rings. The Labute approximate surface area is 95.9 Å². The first-order valence-corrected chi connectivity index (χ1v) is 5.46. The van der Waals surface area contributed by atoms with Gasteiger partial charge in [0.25, 0.3) is 0 Å². The molecule has 4 nitrogen and oxygen atoms in total. The lowest BCUT2D eigenvalue weighted by Gasteiger charge is -2.21. The summed E-state index contributed by atoms with van der Waals surface area (Å²) in [6.07, 6.45) is 1.64. The van der Waals surface area contributed by atoms with Gasteiger partial charge >= 0.3 is 5.97 Å². The molecule has 90 valence electrons. The van der Waals surface area contributed by atoms with Crippen LogP contribution in [0.15, 0.2) is 16.7 Å². The van der Waals surface area contributed by atoms with Crippen LogP contribution in [0.5, 0.6) is 0 Å². The van der Waals surface area contributed by atoms with Gasteiger partial charge in [0.05, 0.1) is 19.4 Å². The Morgan fingerprint density at radius 1 is 1.56 bits per heavy atom. The molecule has 0 atom stereocenters. The third-order valence-corrected chi connectivity index (χ3v) is 2.32. The van der Waals surface area contributed by atoms with E-state index in [4.69, 9.17) is 9.52 Å². The molecule has 0 aliphatic carbocycles. The van der Waals surface area contributed by atoms with Crippen molar-refractivity contribution in [3.8, 4) is 0 Å². The maximum atomic E-state index is 10.7. The highest BCUT2D eigenvalue weighted by Gasteiger charge is 2.14. The molecular weight excluding hydrogens is 206 g/mol. The lowest BCUT2D eigenvalue weighted by atomic mass is 10.2. The van der Waals surface area contributed by atoms with Crippen molar-refractivity contribution < 1.29 is 14.3 Å². The quantitative estimate of drug-likeness (QED) is 0.805. The fourth-order valence-corrected chi connectivity index (χ4v) is 1.66. The number of nitrogens with zero attached hydrogens (tertiary/aromatic N) is 1. The predicted octanol–water partition coefficient (Wildman–Crippen LogP) is 2.13. The molecule has 1 heterocycles. The maximum Gasteiger partial charge on any atom is 0.317 e. The zero-order chi connectivity index (χ0) is 12.1. The summed E-state index contributed by atoms with van der Waals surface area (Å²) in [6.45, 7) is 7.48. The van der Waals surface area contributed by atoms with Crippen LogP contribution >= 0.6 is 0 Å². The van der Waals surface area contributed by atoms with Crippen LogP contribution in [-0.2, 0) is 11.3 Å². The van der Waals surface area contributed by atoms with Gasteiger partial charge in [0.15, 0.2) is 0 Å². The van der Waals surface area contributed by atoms with Gasteiger partial charge in [0.2, 0.25) is 0 Å². The Morgan fingerprint density at radius 3 is 2.69 bits per heavy atom. The van der Waals surface area contributed by atoms with Crippen molar-refractivity contribution in [3.63, 3.8) is 0 Å². The minimum absolute atomic E-state index is 0.0539. The molecule has 4 heteroatoms. The summed E-state index contributed by atoms with van der Waals surface area (Å²) in [6, 6.07) is 1.89. The van der Waals surface area contributed by atoms with Crippen LogP contribution in [0.2, 0.25) is 0 Å². The molecule has 0 aliphatic rings. The number of aliphatic carboxylic acids is 1. The van der Waals surface area contributed by atoms with Crippen LogP contribution < -0.4 is 0 Å². The van der Waals surface area contributed by atoms with Crippen molar-refractivity contribution in [3.05, 3.63) is 23.7 Å². The highest BCUT2D eigenvalue weighted by Crippen LogP contribution is 2.12.